The summed E-state index contributed by atoms with van der Waals surface area (Å²) in [5.74, 6) is 0.128. The van der Waals surface area contributed by atoms with Crippen LogP contribution in [0.2, 0.25) is 0 Å². The van der Waals surface area contributed by atoms with E-state index in [1.807, 2.05) is 48.2 Å². The van der Waals surface area contributed by atoms with Crippen molar-refractivity contribution in [3.63, 3.8) is 0 Å². The zero-order chi connectivity index (χ0) is 18.4. The third-order valence-corrected chi connectivity index (χ3v) is 6.23. The van der Waals surface area contributed by atoms with Crippen LogP contribution in [0.25, 0.3) is 11.1 Å². The topological polar surface area (TPSA) is 61.8 Å². The molecule has 0 saturated carbocycles. The van der Waals surface area contributed by atoms with Crippen LogP contribution in [0, 0.1) is 5.82 Å². The van der Waals surface area contributed by atoms with E-state index >= 15 is 0 Å². The molecule has 8 heteroatoms. The fraction of sp³-hybridized carbons (Fsp3) is 0.316. The van der Waals surface area contributed by atoms with Crippen molar-refractivity contribution in [3.8, 4) is 11.1 Å². The van der Waals surface area contributed by atoms with Gasteiger partial charge in [0, 0.05) is 25.2 Å². The second-order valence-electron chi connectivity index (χ2n) is 6.80. The molecule has 0 amide bonds. The number of nitrogens with one attached hydrogen (secondary N) is 1. The van der Waals surface area contributed by atoms with Crippen molar-refractivity contribution in [1.29, 1.82) is 0 Å². The van der Waals surface area contributed by atoms with Crippen molar-refractivity contribution >= 4 is 28.3 Å². The highest BCUT2D eigenvalue weighted by atomic mass is 35.5. The molecule has 1 fully saturated rings. The number of piperazine rings is 1. The monoisotopic (exact) mass is 409 g/mol. The molecule has 0 spiro atoms. The molecule has 1 atom stereocenters. The van der Waals surface area contributed by atoms with Gasteiger partial charge in [0.25, 0.3) is 10.0 Å². The zero-order valence-corrected chi connectivity index (χ0v) is 16.5. The summed E-state index contributed by atoms with van der Waals surface area (Å²) in [7, 11) is -3.48. The van der Waals surface area contributed by atoms with Crippen LogP contribution in [-0.2, 0) is 15.6 Å². The molecule has 5 nitrogen and oxygen atoms in total. The Morgan fingerprint density at radius 1 is 1.15 bits per heavy atom. The largest absolute Gasteiger partial charge is 0.355 e. The Labute approximate surface area is 164 Å². The third-order valence-electron chi connectivity index (χ3n) is 5.08. The maximum atomic E-state index is 14.8. The van der Waals surface area contributed by atoms with E-state index in [4.69, 9.17) is 0 Å². The lowest BCUT2D eigenvalue weighted by Gasteiger charge is -2.45. The number of hydrogen-bond acceptors (Lipinski definition) is 4. The van der Waals surface area contributed by atoms with Gasteiger partial charge in [-0.1, -0.05) is 42.5 Å². The summed E-state index contributed by atoms with van der Waals surface area (Å²) in [4.78, 5) is 1.97. The number of fused-ring (bicyclic) bond motifs is 1. The summed E-state index contributed by atoms with van der Waals surface area (Å²) in [6, 6.07) is 14.4. The molecule has 2 aromatic carbocycles. The molecular formula is C19H21ClFN3O2S. The highest BCUT2D eigenvalue weighted by Crippen LogP contribution is 2.32. The highest BCUT2D eigenvalue weighted by molar-refractivity contribution is 7.90. The van der Waals surface area contributed by atoms with Crippen molar-refractivity contribution in [1.82, 2.24) is 10.2 Å². The Morgan fingerprint density at radius 2 is 1.89 bits per heavy atom. The minimum Gasteiger partial charge on any atom is -0.355 e. The van der Waals surface area contributed by atoms with Crippen molar-refractivity contribution < 1.29 is 12.8 Å². The highest BCUT2D eigenvalue weighted by Gasteiger charge is 2.42. The number of nitrogens with zero attached hydrogens (tertiary/aromatic N) is 2. The van der Waals surface area contributed by atoms with Gasteiger partial charge in [-0.15, -0.1) is 16.8 Å². The van der Waals surface area contributed by atoms with Crippen LogP contribution >= 0.6 is 12.4 Å². The van der Waals surface area contributed by atoms with Gasteiger partial charge in [0.1, 0.15) is 17.2 Å². The molecule has 0 aromatic heterocycles. The first-order chi connectivity index (χ1) is 12.4. The lowest BCUT2D eigenvalue weighted by Crippen LogP contribution is -2.62. The van der Waals surface area contributed by atoms with Crippen LogP contribution in [0.1, 0.15) is 12.5 Å². The fourth-order valence-corrected chi connectivity index (χ4v) is 4.72. The maximum absolute atomic E-state index is 14.8. The molecule has 1 N–H and O–H groups in total. The first-order valence-electron chi connectivity index (χ1n) is 8.58. The van der Waals surface area contributed by atoms with Gasteiger partial charge in [-0.2, -0.15) is 0 Å². The maximum Gasteiger partial charge on any atom is 0.256 e. The van der Waals surface area contributed by atoms with E-state index in [0.717, 1.165) is 5.56 Å². The van der Waals surface area contributed by atoms with E-state index in [2.05, 4.69) is 9.71 Å². The second kappa shape index (κ2) is 7.22. The Morgan fingerprint density at radius 3 is 2.59 bits per heavy atom. The lowest BCUT2D eigenvalue weighted by molar-refractivity contribution is 0.306. The molecule has 2 heterocycles. The molecule has 2 aliphatic rings. The van der Waals surface area contributed by atoms with Crippen LogP contribution in [-0.4, -0.2) is 44.5 Å². The molecular weight excluding hydrogens is 389 g/mol. The van der Waals surface area contributed by atoms with Gasteiger partial charge in [-0.25, -0.2) is 12.8 Å². The van der Waals surface area contributed by atoms with E-state index < -0.39 is 15.6 Å². The molecule has 0 aliphatic carbocycles. The van der Waals surface area contributed by atoms with E-state index in [1.165, 1.54) is 6.07 Å². The van der Waals surface area contributed by atoms with Crippen molar-refractivity contribution in [2.24, 2.45) is 4.40 Å². The van der Waals surface area contributed by atoms with Crippen LogP contribution < -0.4 is 5.32 Å². The minimum absolute atomic E-state index is 0. The van der Waals surface area contributed by atoms with Gasteiger partial charge in [0.05, 0.1) is 5.75 Å². The second-order valence-corrected chi connectivity index (χ2v) is 8.56. The SMILES string of the molecule is CC1(c2ccc(-c3ccccc3)c(F)c2)NCCN2CCS(=O)(=O)N=C21.Cl. The van der Waals surface area contributed by atoms with Crippen LogP contribution in [0.5, 0.6) is 0 Å². The first kappa shape index (κ1) is 19.8. The van der Waals surface area contributed by atoms with Gasteiger partial charge in [-0.05, 0) is 24.1 Å². The van der Waals surface area contributed by atoms with Crippen molar-refractivity contribution in [3.05, 3.63) is 59.9 Å². The standard InChI is InChI=1S/C19H20FN3O2S.ClH/c1-19(18-22-26(24,25)12-11-23(18)10-9-21-19)15-7-8-16(17(20)13-15)14-5-3-2-4-6-14;/h2-8,13,21H,9-12H2,1H3;1H. The Kier molecular flexibility index (Phi) is 5.29. The summed E-state index contributed by atoms with van der Waals surface area (Å²) in [6.45, 7) is 3.64. The number of halogens is 2. The van der Waals surface area contributed by atoms with E-state index in [9.17, 15) is 12.8 Å². The molecule has 2 aliphatic heterocycles. The quantitative estimate of drug-likeness (QED) is 0.828. The molecule has 1 saturated heterocycles. The summed E-state index contributed by atoms with van der Waals surface area (Å²) >= 11 is 0. The van der Waals surface area contributed by atoms with Crippen LogP contribution in [0.15, 0.2) is 52.9 Å². The number of rotatable bonds is 2. The Hall–Kier alpha value is -1.96. The van der Waals surface area contributed by atoms with Gasteiger partial charge in [0.2, 0.25) is 0 Å². The first-order valence-corrected chi connectivity index (χ1v) is 10.2. The average Bonchev–Trinajstić information content (AvgIpc) is 2.63. The lowest BCUT2D eigenvalue weighted by atomic mass is 9.87. The predicted octanol–water partition coefficient (Wildman–Crippen LogP) is 2.78. The molecule has 0 bridgehead atoms. The molecule has 2 aromatic rings. The van der Waals surface area contributed by atoms with Gasteiger partial charge >= 0.3 is 0 Å². The van der Waals surface area contributed by atoms with Crippen LogP contribution in [0.4, 0.5) is 4.39 Å². The number of amidine groups is 1. The minimum atomic E-state index is -3.48. The van der Waals surface area contributed by atoms with Gasteiger partial charge < -0.3 is 4.90 Å². The Balaban J connectivity index is 0.00000210. The summed E-state index contributed by atoms with van der Waals surface area (Å²) in [6.07, 6.45) is 0. The molecule has 144 valence electrons. The normalized spacial score (nSPS) is 23.8. The molecule has 4 rings (SSSR count). The van der Waals surface area contributed by atoms with E-state index in [-0.39, 0.29) is 24.0 Å². The molecule has 1 unspecified atom stereocenters. The van der Waals surface area contributed by atoms with Crippen LogP contribution in [0.3, 0.4) is 0 Å². The van der Waals surface area contributed by atoms with Gasteiger partial charge in [-0.3, -0.25) is 5.32 Å². The molecule has 0 radical (unpaired) electrons. The molecule has 27 heavy (non-hydrogen) atoms. The van der Waals surface area contributed by atoms with E-state index in [0.29, 0.717) is 36.6 Å². The smallest absolute Gasteiger partial charge is 0.256 e. The third kappa shape index (κ3) is 3.59. The summed E-state index contributed by atoms with van der Waals surface area (Å²) < 4.78 is 42.9. The Bertz CT molecular complexity index is 982. The average molecular weight is 410 g/mol. The summed E-state index contributed by atoms with van der Waals surface area (Å²) in [5.41, 5.74) is 1.14. The van der Waals surface area contributed by atoms with Crippen molar-refractivity contribution in [2.75, 3.05) is 25.4 Å². The number of hydrogen-bond donors (Lipinski definition) is 1. The zero-order valence-electron chi connectivity index (χ0n) is 14.9. The fourth-order valence-electron chi connectivity index (χ4n) is 3.62. The summed E-state index contributed by atoms with van der Waals surface area (Å²) in [5, 5.41) is 3.33. The van der Waals surface area contributed by atoms with Crippen molar-refractivity contribution in [2.45, 2.75) is 12.5 Å². The van der Waals surface area contributed by atoms with E-state index in [1.54, 1.807) is 6.07 Å². The van der Waals surface area contributed by atoms with Gasteiger partial charge in [0.15, 0.2) is 0 Å². The number of sulfonamides is 1. The predicted molar refractivity (Wildman–Crippen MR) is 107 cm³/mol. The number of benzene rings is 2.